The second-order valence-corrected chi connectivity index (χ2v) is 7.87. The monoisotopic (exact) mass is 409 g/mol. The summed E-state index contributed by atoms with van der Waals surface area (Å²) in [4.78, 5) is 19.9. The predicted molar refractivity (Wildman–Crippen MR) is 114 cm³/mol. The largest absolute Gasteiger partial charge is 0.457 e. The molecule has 0 bridgehead atoms. The van der Waals surface area contributed by atoms with Crippen molar-refractivity contribution in [1.82, 2.24) is 15.0 Å². The van der Waals surface area contributed by atoms with E-state index in [1.807, 2.05) is 83.8 Å². The van der Waals surface area contributed by atoms with Crippen LogP contribution in [0.3, 0.4) is 0 Å². The van der Waals surface area contributed by atoms with Gasteiger partial charge in [-0.3, -0.25) is 4.79 Å². The van der Waals surface area contributed by atoms with Crippen LogP contribution in [0.1, 0.15) is 28.9 Å². The van der Waals surface area contributed by atoms with Crippen molar-refractivity contribution in [2.45, 2.75) is 11.8 Å². The number of fused-ring (bicyclic) bond motifs is 2. The van der Waals surface area contributed by atoms with Crippen molar-refractivity contribution < 1.29 is 14.1 Å². The minimum absolute atomic E-state index is 0.0549. The standard InChI is InChI=1S/C25H19N3O3/c29-25(22-18-10-4-6-12-20(18)30-21-13-7-5-11-19(21)22)28-14-17(15-28)24-26-23(27-31-24)16-8-2-1-3-9-16/h1-13,17,22H,14-15H2. The van der Waals surface area contributed by atoms with E-state index in [9.17, 15) is 4.79 Å². The van der Waals surface area contributed by atoms with E-state index >= 15 is 0 Å². The highest BCUT2D eigenvalue weighted by atomic mass is 16.5. The molecule has 3 aromatic carbocycles. The molecule has 6 nitrogen and oxygen atoms in total. The lowest BCUT2D eigenvalue weighted by molar-refractivity contribution is -0.136. The number of hydrogen-bond acceptors (Lipinski definition) is 5. The molecule has 2 aliphatic rings. The summed E-state index contributed by atoms with van der Waals surface area (Å²) in [5.41, 5.74) is 2.72. The van der Waals surface area contributed by atoms with Gasteiger partial charge in [-0.15, -0.1) is 0 Å². The van der Waals surface area contributed by atoms with Crippen LogP contribution in [0.5, 0.6) is 11.5 Å². The van der Waals surface area contributed by atoms with Crippen LogP contribution in [0.15, 0.2) is 83.4 Å². The molecule has 3 heterocycles. The molecule has 4 aromatic rings. The Morgan fingerprint density at radius 2 is 1.45 bits per heavy atom. The maximum absolute atomic E-state index is 13.5. The molecule has 0 atom stereocenters. The van der Waals surface area contributed by atoms with Crippen molar-refractivity contribution in [3.05, 3.63) is 95.9 Å². The van der Waals surface area contributed by atoms with E-state index in [0.29, 0.717) is 24.8 Å². The Balaban J connectivity index is 1.23. The number of nitrogens with zero attached hydrogens (tertiary/aromatic N) is 3. The first-order valence-electron chi connectivity index (χ1n) is 10.3. The summed E-state index contributed by atoms with van der Waals surface area (Å²) in [7, 11) is 0. The second-order valence-electron chi connectivity index (χ2n) is 7.87. The molecule has 0 spiro atoms. The Bertz CT molecular complexity index is 1220. The Labute approximate surface area is 179 Å². The van der Waals surface area contributed by atoms with Crippen molar-refractivity contribution in [3.8, 4) is 22.9 Å². The van der Waals surface area contributed by atoms with Crippen molar-refractivity contribution >= 4 is 5.91 Å². The molecule has 0 N–H and O–H groups in total. The lowest BCUT2D eigenvalue weighted by Gasteiger charge is -2.40. The van der Waals surface area contributed by atoms with Crippen LogP contribution in [-0.2, 0) is 4.79 Å². The molecule has 1 saturated heterocycles. The lowest BCUT2D eigenvalue weighted by Crippen LogP contribution is -2.50. The van der Waals surface area contributed by atoms with Gasteiger partial charge >= 0.3 is 0 Å². The fourth-order valence-corrected chi connectivity index (χ4v) is 4.28. The zero-order chi connectivity index (χ0) is 20.8. The smallest absolute Gasteiger partial charge is 0.234 e. The Morgan fingerprint density at radius 3 is 2.13 bits per heavy atom. The van der Waals surface area contributed by atoms with E-state index in [2.05, 4.69) is 10.1 Å². The van der Waals surface area contributed by atoms with E-state index in [-0.39, 0.29) is 17.7 Å². The molecular formula is C25H19N3O3. The molecule has 152 valence electrons. The van der Waals surface area contributed by atoms with Crippen LogP contribution in [0, 0.1) is 0 Å². The summed E-state index contributed by atoms with van der Waals surface area (Å²) in [6, 6.07) is 25.2. The summed E-state index contributed by atoms with van der Waals surface area (Å²) in [6.07, 6.45) is 0. The quantitative estimate of drug-likeness (QED) is 0.495. The Kier molecular flexibility index (Phi) is 4.09. The third kappa shape index (κ3) is 2.99. The lowest BCUT2D eigenvalue weighted by atomic mass is 9.85. The highest BCUT2D eigenvalue weighted by Crippen LogP contribution is 2.45. The summed E-state index contributed by atoms with van der Waals surface area (Å²) in [5.74, 6) is 2.39. The van der Waals surface area contributed by atoms with Gasteiger partial charge in [0, 0.05) is 29.8 Å². The number of carbonyl (C=O) groups is 1. The van der Waals surface area contributed by atoms with Crippen LogP contribution in [0.2, 0.25) is 0 Å². The number of ether oxygens (including phenoxy) is 1. The number of para-hydroxylation sites is 2. The van der Waals surface area contributed by atoms with Gasteiger partial charge in [-0.1, -0.05) is 71.9 Å². The van der Waals surface area contributed by atoms with E-state index in [1.54, 1.807) is 0 Å². The topological polar surface area (TPSA) is 68.5 Å². The van der Waals surface area contributed by atoms with E-state index in [1.165, 1.54) is 0 Å². The summed E-state index contributed by atoms with van der Waals surface area (Å²) in [5, 5.41) is 4.10. The minimum atomic E-state index is -0.371. The highest BCUT2D eigenvalue weighted by Gasteiger charge is 2.41. The molecule has 0 unspecified atom stereocenters. The second kappa shape index (κ2) is 7.09. The Hall–Kier alpha value is -3.93. The van der Waals surface area contributed by atoms with Gasteiger partial charge in [0.05, 0.1) is 11.8 Å². The van der Waals surface area contributed by atoms with E-state index < -0.39 is 0 Å². The fraction of sp³-hybridized carbons (Fsp3) is 0.160. The molecule has 0 aliphatic carbocycles. The normalized spacial score (nSPS) is 15.5. The maximum atomic E-state index is 13.5. The predicted octanol–water partition coefficient (Wildman–Crippen LogP) is 4.60. The molecule has 1 fully saturated rings. The van der Waals surface area contributed by atoms with E-state index in [0.717, 1.165) is 28.2 Å². The summed E-state index contributed by atoms with van der Waals surface area (Å²) < 4.78 is 11.5. The van der Waals surface area contributed by atoms with Gasteiger partial charge < -0.3 is 14.2 Å². The van der Waals surface area contributed by atoms with Crippen molar-refractivity contribution in [2.24, 2.45) is 0 Å². The first-order valence-corrected chi connectivity index (χ1v) is 10.3. The third-order valence-corrected chi connectivity index (χ3v) is 5.94. The number of benzene rings is 3. The van der Waals surface area contributed by atoms with Crippen LogP contribution >= 0.6 is 0 Å². The molecule has 0 saturated carbocycles. The van der Waals surface area contributed by atoms with Gasteiger partial charge in [-0.2, -0.15) is 4.98 Å². The van der Waals surface area contributed by atoms with E-state index in [4.69, 9.17) is 9.26 Å². The zero-order valence-corrected chi connectivity index (χ0v) is 16.6. The van der Waals surface area contributed by atoms with Crippen LogP contribution < -0.4 is 4.74 Å². The molecule has 1 amide bonds. The number of aromatic nitrogens is 2. The summed E-state index contributed by atoms with van der Waals surface area (Å²) in [6.45, 7) is 1.13. The molecule has 1 aromatic heterocycles. The SMILES string of the molecule is O=C(C1c2ccccc2Oc2ccccc21)N1CC(c2nc(-c3ccccc3)no2)C1. The summed E-state index contributed by atoms with van der Waals surface area (Å²) >= 11 is 0. The number of likely N-dealkylation sites (tertiary alicyclic amines) is 1. The van der Waals surface area contributed by atoms with Crippen LogP contribution in [-0.4, -0.2) is 34.0 Å². The average molecular weight is 409 g/mol. The van der Waals surface area contributed by atoms with Crippen molar-refractivity contribution in [2.75, 3.05) is 13.1 Å². The van der Waals surface area contributed by atoms with Gasteiger partial charge in [0.2, 0.25) is 17.6 Å². The molecule has 31 heavy (non-hydrogen) atoms. The molecule has 6 rings (SSSR count). The molecule has 2 aliphatic heterocycles. The number of hydrogen-bond donors (Lipinski definition) is 0. The number of rotatable bonds is 3. The first kappa shape index (κ1) is 17.9. The van der Waals surface area contributed by atoms with Gasteiger partial charge in [-0.05, 0) is 12.1 Å². The third-order valence-electron chi connectivity index (χ3n) is 5.94. The zero-order valence-electron chi connectivity index (χ0n) is 16.6. The average Bonchev–Trinajstić information content (AvgIpc) is 3.26. The van der Waals surface area contributed by atoms with Gasteiger partial charge in [0.15, 0.2) is 0 Å². The maximum Gasteiger partial charge on any atom is 0.234 e. The molecular weight excluding hydrogens is 390 g/mol. The Morgan fingerprint density at radius 1 is 0.839 bits per heavy atom. The van der Waals surface area contributed by atoms with Gasteiger partial charge in [0.25, 0.3) is 0 Å². The molecule has 6 heteroatoms. The first-order chi connectivity index (χ1) is 15.3. The molecule has 0 radical (unpaired) electrons. The van der Waals surface area contributed by atoms with Crippen molar-refractivity contribution in [1.29, 1.82) is 0 Å². The highest BCUT2D eigenvalue weighted by molar-refractivity contribution is 5.90. The minimum Gasteiger partial charge on any atom is -0.457 e. The number of amides is 1. The fourth-order valence-electron chi connectivity index (χ4n) is 4.28. The van der Waals surface area contributed by atoms with Gasteiger partial charge in [-0.25, -0.2) is 0 Å². The van der Waals surface area contributed by atoms with Crippen LogP contribution in [0.4, 0.5) is 0 Å². The van der Waals surface area contributed by atoms with Crippen molar-refractivity contribution in [3.63, 3.8) is 0 Å². The van der Waals surface area contributed by atoms with Gasteiger partial charge in [0.1, 0.15) is 11.5 Å². The number of carbonyl (C=O) groups excluding carboxylic acids is 1. The van der Waals surface area contributed by atoms with Crippen LogP contribution in [0.25, 0.3) is 11.4 Å².